The normalized spacial score (nSPS) is 18.4. The Balaban J connectivity index is 0.00000144. The van der Waals surface area contributed by atoms with Crippen LogP contribution in [0.5, 0.6) is 0 Å². The van der Waals surface area contributed by atoms with Crippen LogP contribution in [0.3, 0.4) is 0 Å². The summed E-state index contributed by atoms with van der Waals surface area (Å²) >= 11 is 1.57. The molecule has 2 unspecified atom stereocenters. The Morgan fingerprint density at radius 1 is 1.54 bits per heavy atom. The lowest BCUT2D eigenvalue weighted by atomic mass is 9.92. The van der Waals surface area contributed by atoms with Crippen molar-refractivity contribution in [2.45, 2.75) is 32.2 Å². The van der Waals surface area contributed by atoms with Crippen LogP contribution in [0.15, 0.2) is 28.2 Å². The van der Waals surface area contributed by atoms with Gasteiger partial charge in [0.15, 0.2) is 0 Å². The van der Waals surface area contributed by atoms with E-state index in [0.29, 0.717) is 23.9 Å². The molecule has 2 N–H and O–H groups in total. The number of piperidine rings is 1. The maximum atomic E-state index is 12.4. The number of thiophene rings is 1. The minimum atomic E-state index is 0. The molecule has 1 saturated heterocycles. The van der Waals surface area contributed by atoms with Gasteiger partial charge in [0.1, 0.15) is 6.26 Å². The van der Waals surface area contributed by atoms with E-state index in [4.69, 9.17) is 10.2 Å². The van der Waals surface area contributed by atoms with E-state index in [1.807, 2.05) is 29.3 Å². The van der Waals surface area contributed by atoms with Crippen molar-refractivity contribution in [3.63, 3.8) is 0 Å². The average Bonchev–Trinajstić information content (AvgIpc) is 3.18. The van der Waals surface area contributed by atoms with Crippen LogP contribution in [-0.4, -0.2) is 34.9 Å². The van der Waals surface area contributed by atoms with Gasteiger partial charge in [-0.2, -0.15) is 0 Å². The Labute approximate surface area is 158 Å². The van der Waals surface area contributed by atoms with Crippen LogP contribution < -0.4 is 5.73 Å². The zero-order chi connectivity index (χ0) is 15.5. The van der Waals surface area contributed by atoms with Gasteiger partial charge in [0.25, 0.3) is 0 Å². The Kier molecular flexibility index (Phi) is 8.22. The van der Waals surface area contributed by atoms with Gasteiger partial charge in [0, 0.05) is 19.1 Å². The lowest BCUT2D eigenvalue weighted by molar-refractivity contribution is -0.132. The number of nitrogens with zero attached hydrogens (tertiary/aromatic N) is 2. The van der Waals surface area contributed by atoms with Crippen molar-refractivity contribution >= 4 is 42.1 Å². The first-order valence-corrected chi connectivity index (χ1v) is 8.53. The van der Waals surface area contributed by atoms with Crippen molar-refractivity contribution in [2.75, 3.05) is 13.1 Å². The molecule has 0 radical (unpaired) electrons. The van der Waals surface area contributed by atoms with Gasteiger partial charge >= 0.3 is 0 Å². The number of rotatable bonds is 4. The number of halogens is 2. The fourth-order valence-corrected chi connectivity index (χ4v) is 3.49. The van der Waals surface area contributed by atoms with Gasteiger partial charge in [0.2, 0.25) is 11.8 Å². The SMILES string of the molecule is CC(N)C1CCCN(C(=O)Cc2coc(-c3cccs3)n2)C1.Cl.Cl. The van der Waals surface area contributed by atoms with Crippen molar-refractivity contribution < 1.29 is 9.21 Å². The molecule has 0 saturated carbocycles. The highest BCUT2D eigenvalue weighted by atomic mass is 35.5. The van der Waals surface area contributed by atoms with Crippen molar-refractivity contribution in [3.8, 4) is 10.8 Å². The van der Waals surface area contributed by atoms with E-state index < -0.39 is 0 Å². The molecule has 1 aliphatic heterocycles. The summed E-state index contributed by atoms with van der Waals surface area (Å²) in [5, 5.41) is 1.98. The summed E-state index contributed by atoms with van der Waals surface area (Å²) in [6.07, 6.45) is 4.01. The molecule has 1 fully saturated rings. The minimum Gasteiger partial charge on any atom is -0.444 e. The van der Waals surface area contributed by atoms with E-state index in [9.17, 15) is 4.79 Å². The number of hydrogen-bond acceptors (Lipinski definition) is 5. The molecule has 0 spiro atoms. The number of carbonyl (C=O) groups excluding carboxylic acids is 1. The number of hydrogen-bond donors (Lipinski definition) is 1. The summed E-state index contributed by atoms with van der Waals surface area (Å²) in [5.41, 5.74) is 6.67. The zero-order valence-electron chi connectivity index (χ0n) is 13.5. The van der Waals surface area contributed by atoms with E-state index in [-0.39, 0.29) is 36.8 Å². The second kappa shape index (κ2) is 9.42. The topological polar surface area (TPSA) is 72.4 Å². The highest BCUT2D eigenvalue weighted by molar-refractivity contribution is 7.13. The van der Waals surface area contributed by atoms with E-state index in [1.165, 1.54) is 0 Å². The molecular formula is C16H23Cl2N3O2S. The number of oxazole rings is 1. The third-order valence-electron chi connectivity index (χ3n) is 4.17. The van der Waals surface area contributed by atoms with Crippen LogP contribution in [0.1, 0.15) is 25.5 Å². The third-order valence-corrected chi connectivity index (χ3v) is 5.03. The van der Waals surface area contributed by atoms with E-state index in [1.54, 1.807) is 17.6 Å². The highest BCUT2D eigenvalue weighted by Gasteiger charge is 2.26. The molecule has 1 amide bonds. The number of aromatic nitrogens is 1. The molecule has 5 nitrogen and oxygen atoms in total. The summed E-state index contributed by atoms with van der Waals surface area (Å²) in [6.45, 7) is 3.59. The van der Waals surface area contributed by atoms with Gasteiger partial charge in [-0.3, -0.25) is 4.79 Å². The van der Waals surface area contributed by atoms with Crippen molar-refractivity contribution in [1.82, 2.24) is 9.88 Å². The minimum absolute atomic E-state index is 0. The van der Waals surface area contributed by atoms with Gasteiger partial charge < -0.3 is 15.1 Å². The fourth-order valence-electron chi connectivity index (χ4n) is 2.83. The van der Waals surface area contributed by atoms with Crippen LogP contribution in [-0.2, 0) is 11.2 Å². The van der Waals surface area contributed by atoms with Gasteiger partial charge in [-0.1, -0.05) is 6.07 Å². The second-order valence-corrected chi connectivity index (χ2v) is 6.85. The van der Waals surface area contributed by atoms with Gasteiger partial charge in [-0.15, -0.1) is 36.2 Å². The van der Waals surface area contributed by atoms with Crippen molar-refractivity contribution in [1.29, 1.82) is 0 Å². The Bertz CT molecular complexity index is 631. The molecule has 3 heterocycles. The van der Waals surface area contributed by atoms with Crippen molar-refractivity contribution in [2.24, 2.45) is 11.7 Å². The molecular weight excluding hydrogens is 369 g/mol. The number of nitrogens with two attached hydrogens (primary N) is 1. The molecule has 0 bridgehead atoms. The molecule has 134 valence electrons. The summed E-state index contributed by atoms with van der Waals surface area (Å²) < 4.78 is 5.47. The zero-order valence-corrected chi connectivity index (χ0v) is 16.0. The number of likely N-dealkylation sites (tertiary alicyclic amines) is 1. The summed E-state index contributed by atoms with van der Waals surface area (Å²) in [6, 6.07) is 4.05. The van der Waals surface area contributed by atoms with Crippen LogP contribution in [0.4, 0.5) is 0 Å². The average molecular weight is 392 g/mol. The lowest BCUT2D eigenvalue weighted by Crippen LogP contribution is -2.45. The Morgan fingerprint density at radius 3 is 3.00 bits per heavy atom. The third kappa shape index (κ3) is 4.96. The molecule has 2 aromatic heterocycles. The number of amides is 1. The largest absolute Gasteiger partial charge is 0.444 e. The fraction of sp³-hybridized carbons (Fsp3) is 0.500. The Morgan fingerprint density at radius 2 is 2.33 bits per heavy atom. The predicted molar refractivity (Wildman–Crippen MR) is 101 cm³/mol. The van der Waals surface area contributed by atoms with Gasteiger partial charge in [-0.05, 0) is 37.1 Å². The summed E-state index contributed by atoms with van der Waals surface area (Å²) in [5.74, 6) is 1.10. The molecule has 3 rings (SSSR count). The van der Waals surface area contributed by atoms with E-state index >= 15 is 0 Å². The molecule has 1 aliphatic rings. The first kappa shape index (κ1) is 21.0. The lowest BCUT2D eigenvalue weighted by Gasteiger charge is -2.34. The maximum absolute atomic E-state index is 12.4. The molecule has 2 aromatic rings. The molecule has 2 atom stereocenters. The van der Waals surface area contributed by atoms with Gasteiger partial charge in [-0.25, -0.2) is 4.98 Å². The van der Waals surface area contributed by atoms with E-state index in [2.05, 4.69) is 4.98 Å². The first-order valence-electron chi connectivity index (χ1n) is 7.65. The van der Waals surface area contributed by atoms with Crippen LogP contribution in [0, 0.1) is 5.92 Å². The predicted octanol–water partition coefficient (Wildman–Crippen LogP) is 3.38. The standard InChI is InChI=1S/C16H21N3O2S.2ClH/c1-11(17)12-4-2-6-19(9-12)15(20)8-13-10-21-16(18-13)14-5-3-7-22-14;;/h3,5,7,10-12H,2,4,6,8-9,17H2,1H3;2*1H. The molecule has 24 heavy (non-hydrogen) atoms. The molecule has 0 aromatic carbocycles. The summed E-state index contributed by atoms with van der Waals surface area (Å²) in [7, 11) is 0. The monoisotopic (exact) mass is 391 g/mol. The Hall–Kier alpha value is -1.08. The second-order valence-electron chi connectivity index (χ2n) is 5.90. The van der Waals surface area contributed by atoms with Crippen LogP contribution >= 0.6 is 36.2 Å². The van der Waals surface area contributed by atoms with Gasteiger partial charge in [0.05, 0.1) is 17.0 Å². The highest BCUT2D eigenvalue weighted by Crippen LogP contribution is 2.24. The van der Waals surface area contributed by atoms with E-state index in [0.717, 1.165) is 30.8 Å². The quantitative estimate of drug-likeness (QED) is 0.866. The maximum Gasteiger partial charge on any atom is 0.236 e. The first-order chi connectivity index (χ1) is 10.6. The van der Waals surface area contributed by atoms with Crippen LogP contribution in [0.2, 0.25) is 0 Å². The number of carbonyl (C=O) groups is 1. The van der Waals surface area contributed by atoms with Crippen molar-refractivity contribution in [3.05, 3.63) is 29.5 Å². The summed E-state index contributed by atoms with van der Waals surface area (Å²) in [4.78, 5) is 19.7. The molecule has 8 heteroatoms. The smallest absolute Gasteiger partial charge is 0.236 e. The van der Waals surface area contributed by atoms with Crippen LogP contribution in [0.25, 0.3) is 10.8 Å². The molecule has 0 aliphatic carbocycles.